The van der Waals surface area contributed by atoms with Crippen LogP contribution in [0.15, 0.2) is 48.5 Å². The molecular formula is C13H12FN3. The van der Waals surface area contributed by atoms with E-state index in [0.717, 1.165) is 5.69 Å². The summed E-state index contributed by atoms with van der Waals surface area (Å²) in [5, 5.41) is 10.4. The molecule has 4 heteroatoms. The van der Waals surface area contributed by atoms with E-state index in [1.165, 1.54) is 6.07 Å². The van der Waals surface area contributed by atoms with Crippen molar-refractivity contribution in [1.82, 2.24) is 0 Å². The number of nitrogen functional groups attached to an aromatic ring is 1. The summed E-state index contributed by atoms with van der Waals surface area (Å²) in [5.74, 6) is -0.792. The second-order valence-corrected chi connectivity index (χ2v) is 3.57. The van der Waals surface area contributed by atoms with Gasteiger partial charge in [0.15, 0.2) is 0 Å². The molecule has 2 rings (SSSR count). The first kappa shape index (κ1) is 11.1. The summed E-state index contributed by atoms with van der Waals surface area (Å²) in [4.78, 5) is 0. The Morgan fingerprint density at radius 2 is 1.76 bits per heavy atom. The molecule has 0 unspecified atom stereocenters. The number of para-hydroxylation sites is 1. The largest absolute Gasteiger partial charge is 0.384 e. The highest BCUT2D eigenvalue weighted by Gasteiger charge is 2.10. The van der Waals surface area contributed by atoms with Gasteiger partial charge in [0.1, 0.15) is 11.7 Å². The number of hydrogen-bond donors (Lipinski definition) is 3. The van der Waals surface area contributed by atoms with Crippen LogP contribution in [0.1, 0.15) is 5.56 Å². The Labute approximate surface area is 98.6 Å². The van der Waals surface area contributed by atoms with E-state index in [1.807, 2.05) is 30.3 Å². The van der Waals surface area contributed by atoms with Crippen LogP contribution in [0.3, 0.4) is 0 Å². The average molecular weight is 229 g/mol. The first-order valence-corrected chi connectivity index (χ1v) is 5.13. The lowest BCUT2D eigenvalue weighted by Crippen LogP contribution is -2.15. The fraction of sp³-hybridized carbons (Fsp3) is 0. The van der Waals surface area contributed by atoms with E-state index in [0.29, 0.717) is 5.69 Å². The van der Waals surface area contributed by atoms with Gasteiger partial charge in [0.05, 0.1) is 11.3 Å². The molecule has 0 bridgehead atoms. The number of nitrogens with two attached hydrogens (primary N) is 1. The normalized spacial score (nSPS) is 9.94. The molecule has 0 aliphatic carbocycles. The van der Waals surface area contributed by atoms with Gasteiger partial charge in [-0.3, -0.25) is 5.41 Å². The highest BCUT2D eigenvalue weighted by Crippen LogP contribution is 2.22. The third-order valence-electron chi connectivity index (χ3n) is 2.34. The van der Waals surface area contributed by atoms with Gasteiger partial charge in [0, 0.05) is 5.69 Å². The molecule has 0 heterocycles. The summed E-state index contributed by atoms with van der Waals surface area (Å²) in [6.45, 7) is 0. The van der Waals surface area contributed by atoms with Gasteiger partial charge < -0.3 is 11.1 Å². The number of halogens is 1. The van der Waals surface area contributed by atoms with Crippen molar-refractivity contribution in [3.05, 3.63) is 59.9 Å². The maximum absolute atomic E-state index is 13.5. The fourth-order valence-electron chi connectivity index (χ4n) is 1.58. The van der Waals surface area contributed by atoms with Crippen LogP contribution >= 0.6 is 0 Å². The minimum absolute atomic E-state index is 0.0938. The quantitative estimate of drug-likeness (QED) is 0.559. The van der Waals surface area contributed by atoms with E-state index in [2.05, 4.69) is 5.32 Å². The van der Waals surface area contributed by atoms with Crippen LogP contribution in [0.25, 0.3) is 0 Å². The number of rotatable bonds is 3. The van der Waals surface area contributed by atoms with Gasteiger partial charge >= 0.3 is 0 Å². The zero-order chi connectivity index (χ0) is 12.3. The predicted octanol–water partition coefficient (Wildman–Crippen LogP) is 2.85. The molecule has 0 amide bonds. The number of amidine groups is 1. The predicted molar refractivity (Wildman–Crippen MR) is 67.1 cm³/mol. The Balaban J connectivity index is 2.40. The standard InChI is InChI=1S/C13H12FN3/c14-10-7-4-8-11(12(10)13(15)16)17-9-5-2-1-3-6-9/h1-8,17H,(H3,15,16). The van der Waals surface area contributed by atoms with Crippen LogP contribution < -0.4 is 11.1 Å². The zero-order valence-electron chi connectivity index (χ0n) is 9.07. The summed E-state index contributed by atoms with van der Waals surface area (Å²) >= 11 is 0. The van der Waals surface area contributed by atoms with Gasteiger partial charge in [-0.05, 0) is 24.3 Å². The van der Waals surface area contributed by atoms with Gasteiger partial charge in [-0.2, -0.15) is 0 Å². The molecule has 0 saturated heterocycles. The molecule has 0 fully saturated rings. The number of nitrogens with one attached hydrogen (secondary N) is 2. The van der Waals surface area contributed by atoms with Crippen LogP contribution in [0, 0.1) is 11.2 Å². The van der Waals surface area contributed by atoms with Crippen LogP contribution in [0.5, 0.6) is 0 Å². The Morgan fingerprint density at radius 1 is 1.06 bits per heavy atom. The summed E-state index contributed by atoms with van der Waals surface area (Å²) < 4.78 is 13.5. The highest BCUT2D eigenvalue weighted by atomic mass is 19.1. The third kappa shape index (κ3) is 2.42. The zero-order valence-corrected chi connectivity index (χ0v) is 9.07. The molecule has 0 saturated carbocycles. The minimum atomic E-state index is -0.501. The molecule has 0 spiro atoms. The van der Waals surface area contributed by atoms with Crippen molar-refractivity contribution in [3.63, 3.8) is 0 Å². The number of anilines is 2. The van der Waals surface area contributed by atoms with E-state index in [-0.39, 0.29) is 11.4 Å². The smallest absolute Gasteiger partial charge is 0.136 e. The van der Waals surface area contributed by atoms with Crippen LogP contribution in [-0.2, 0) is 0 Å². The number of benzene rings is 2. The summed E-state index contributed by atoms with van der Waals surface area (Å²) in [6, 6.07) is 13.9. The van der Waals surface area contributed by atoms with E-state index in [1.54, 1.807) is 12.1 Å². The lowest BCUT2D eigenvalue weighted by atomic mass is 10.1. The minimum Gasteiger partial charge on any atom is -0.384 e. The molecule has 2 aromatic carbocycles. The summed E-state index contributed by atoms with van der Waals surface area (Å²) in [5.41, 5.74) is 6.78. The fourth-order valence-corrected chi connectivity index (χ4v) is 1.58. The molecule has 3 nitrogen and oxygen atoms in total. The van der Waals surface area contributed by atoms with Gasteiger partial charge in [-0.1, -0.05) is 24.3 Å². The maximum Gasteiger partial charge on any atom is 0.136 e. The molecule has 0 aliphatic heterocycles. The van der Waals surface area contributed by atoms with Crippen molar-refractivity contribution in [2.24, 2.45) is 5.73 Å². The van der Waals surface area contributed by atoms with Crippen LogP contribution in [-0.4, -0.2) is 5.84 Å². The van der Waals surface area contributed by atoms with Gasteiger partial charge in [-0.15, -0.1) is 0 Å². The van der Waals surface area contributed by atoms with Crippen molar-refractivity contribution >= 4 is 17.2 Å². The second-order valence-electron chi connectivity index (χ2n) is 3.57. The second kappa shape index (κ2) is 4.65. The molecule has 4 N–H and O–H groups in total. The van der Waals surface area contributed by atoms with E-state index in [4.69, 9.17) is 11.1 Å². The molecular weight excluding hydrogens is 217 g/mol. The Hall–Kier alpha value is -2.36. The SMILES string of the molecule is N=C(N)c1c(F)cccc1Nc1ccccc1. The Kier molecular flexibility index (Phi) is 3.05. The number of hydrogen-bond acceptors (Lipinski definition) is 2. The molecule has 2 aromatic rings. The van der Waals surface area contributed by atoms with Crippen molar-refractivity contribution in [3.8, 4) is 0 Å². The molecule has 17 heavy (non-hydrogen) atoms. The van der Waals surface area contributed by atoms with Crippen molar-refractivity contribution in [1.29, 1.82) is 5.41 Å². The molecule has 86 valence electrons. The lowest BCUT2D eigenvalue weighted by molar-refractivity contribution is 0.625. The van der Waals surface area contributed by atoms with E-state index >= 15 is 0 Å². The van der Waals surface area contributed by atoms with Gasteiger partial charge in [0.2, 0.25) is 0 Å². The monoisotopic (exact) mass is 229 g/mol. The average Bonchev–Trinajstić information content (AvgIpc) is 2.30. The van der Waals surface area contributed by atoms with Crippen LogP contribution in [0.2, 0.25) is 0 Å². The molecule has 0 aliphatic rings. The van der Waals surface area contributed by atoms with Gasteiger partial charge in [0.25, 0.3) is 0 Å². The first-order valence-electron chi connectivity index (χ1n) is 5.13. The molecule has 0 radical (unpaired) electrons. The van der Waals surface area contributed by atoms with Crippen molar-refractivity contribution < 1.29 is 4.39 Å². The van der Waals surface area contributed by atoms with E-state index in [9.17, 15) is 4.39 Å². The topological polar surface area (TPSA) is 61.9 Å². The van der Waals surface area contributed by atoms with Crippen molar-refractivity contribution in [2.75, 3.05) is 5.32 Å². The third-order valence-corrected chi connectivity index (χ3v) is 2.34. The first-order chi connectivity index (χ1) is 8.18. The summed E-state index contributed by atoms with van der Waals surface area (Å²) in [7, 11) is 0. The maximum atomic E-state index is 13.5. The lowest BCUT2D eigenvalue weighted by Gasteiger charge is -2.11. The molecule has 0 aromatic heterocycles. The Morgan fingerprint density at radius 3 is 2.41 bits per heavy atom. The highest BCUT2D eigenvalue weighted by molar-refractivity contribution is 6.01. The summed E-state index contributed by atoms with van der Waals surface area (Å²) in [6.07, 6.45) is 0. The Bertz CT molecular complexity index is 538. The van der Waals surface area contributed by atoms with E-state index < -0.39 is 5.82 Å². The van der Waals surface area contributed by atoms with Crippen LogP contribution in [0.4, 0.5) is 15.8 Å². The molecule has 0 atom stereocenters. The van der Waals surface area contributed by atoms with Crippen molar-refractivity contribution in [2.45, 2.75) is 0 Å². The van der Waals surface area contributed by atoms with Gasteiger partial charge in [-0.25, -0.2) is 4.39 Å².